The molecule has 2 saturated heterocycles. The van der Waals surface area contributed by atoms with Crippen LogP contribution in [0.15, 0.2) is 28.9 Å². The average molecular weight is 514 g/mol. The van der Waals surface area contributed by atoms with Crippen molar-refractivity contribution in [1.82, 2.24) is 19.7 Å². The van der Waals surface area contributed by atoms with Gasteiger partial charge in [-0.2, -0.15) is 0 Å². The van der Waals surface area contributed by atoms with E-state index in [1.54, 1.807) is 0 Å². The molecule has 2 fully saturated rings. The van der Waals surface area contributed by atoms with Crippen molar-refractivity contribution < 1.29 is 19.1 Å². The summed E-state index contributed by atoms with van der Waals surface area (Å²) in [4.78, 5) is 26.4. The van der Waals surface area contributed by atoms with E-state index in [1.807, 2.05) is 25.7 Å². The summed E-state index contributed by atoms with van der Waals surface area (Å²) in [5.74, 6) is 0.511. The van der Waals surface area contributed by atoms with Gasteiger partial charge in [-0.1, -0.05) is 18.2 Å². The van der Waals surface area contributed by atoms with Crippen molar-refractivity contribution >= 4 is 11.6 Å². The van der Waals surface area contributed by atoms with Crippen LogP contribution in [-0.2, 0) is 11.3 Å². The minimum Gasteiger partial charge on any atom is -0.447 e. The largest absolute Gasteiger partial charge is 0.447 e. The molecule has 0 aliphatic carbocycles. The van der Waals surface area contributed by atoms with Gasteiger partial charge in [0.15, 0.2) is 5.69 Å². The zero-order valence-electron chi connectivity index (χ0n) is 23.1. The molecule has 2 aliphatic heterocycles. The second-order valence-electron chi connectivity index (χ2n) is 11.3. The second kappa shape index (κ2) is 11.9. The summed E-state index contributed by atoms with van der Waals surface area (Å²) in [6.45, 7) is 18.2. The number of nitrogens with zero attached hydrogens (tertiary/aromatic N) is 5. The van der Waals surface area contributed by atoms with E-state index in [1.165, 1.54) is 23.1 Å². The predicted molar refractivity (Wildman–Crippen MR) is 144 cm³/mol. The number of rotatable bonds is 8. The van der Waals surface area contributed by atoms with Crippen LogP contribution < -0.4 is 4.90 Å². The van der Waals surface area contributed by atoms with Crippen molar-refractivity contribution in [2.45, 2.75) is 52.9 Å². The van der Waals surface area contributed by atoms with Gasteiger partial charge in [0.05, 0.1) is 24.9 Å². The molecule has 1 aromatic heterocycles. The van der Waals surface area contributed by atoms with Gasteiger partial charge in [0.2, 0.25) is 5.89 Å². The summed E-state index contributed by atoms with van der Waals surface area (Å²) in [6, 6.07) is 6.37. The third kappa shape index (κ3) is 7.54. The summed E-state index contributed by atoms with van der Waals surface area (Å²) in [7, 11) is 0. The summed E-state index contributed by atoms with van der Waals surface area (Å²) in [5.41, 5.74) is 3.97. The fourth-order valence-corrected chi connectivity index (χ4v) is 5.10. The van der Waals surface area contributed by atoms with E-state index in [2.05, 4.69) is 51.7 Å². The molecular weight excluding hydrogens is 470 g/mol. The molecule has 2 aromatic rings. The van der Waals surface area contributed by atoms with Gasteiger partial charge in [-0.05, 0) is 45.7 Å². The normalized spacial score (nSPS) is 18.9. The van der Waals surface area contributed by atoms with Gasteiger partial charge in [-0.25, -0.2) is 4.98 Å². The first-order valence-corrected chi connectivity index (χ1v) is 13.4. The van der Waals surface area contributed by atoms with E-state index < -0.39 is 6.10 Å². The van der Waals surface area contributed by atoms with Gasteiger partial charge in [0.1, 0.15) is 6.26 Å². The Kier molecular flexibility index (Phi) is 8.90. The van der Waals surface area contributed by atoms with Gasteiger partial charge < -0.3 is 24.1 Å². The van der Waals surface area contributed by atoms with E-state index in [0.717, 1.165) is 39.3 Å². The lowest BCUT2D eigenvalue weighted by Gasteiger charge is -2.37. The van der Waals surface area contributed by atoms with Crippen LogP contribution in [0.25, 0.3) is 0 Å². The van der Waals surface area contributed by atoms with Crippen LogP contribution in [0.2, 0.25) is 0 Å². The monoisotopic (exact) mass is 513 g/mol. The highest BCUT2D eigenvalue weighted by molar-refractivity contribution is 5.92. The van der Waals surface area contributed by atoms with E-state index in [-0.39, 0.29) is 11.5 Å². The predicted octanol–water partition coefficient (Wildman–Crippen LogP) is 2.55. The molecular formula is C28H43N5O4. The molecule has 9 nitrogen and oxygen atoms in total. The number of β-amino-alcohol motifs (C(OH)–C–C–N with tert-alkyl or cyclic N) is 1. The smallest absolute Gasteiger partial charge is 0.275 e. The molecule has 3 heterocycles. The zero-order chi connectivity index (χ0) is 26.6. The van der Waals surface area contributed by atoms with E-state index in [4.69, 9.17) is 9.15 Å². The van der Waals surface area contributed by atoms with Gasteiger partial charge in [-0.15, -0.1) is 0 Å². The summed E-state index contributed by atoms with van der Waals surface area (Å²) in [6.07, 6.45) is 1.01. The number of oxazole rings is 1. The Morgan fingerprint density at radius 2 is 1.65 bits per heavy atom. The molecule has 1 aromatic carbocycles. The molecule has 1 N–H and O–H groups in total. The van der Waals surface area contributed by atoms with Crippen LogP contribution in [0, 0.1) is 13.8 Å². The molecule has 1 atom stereocenters. The van der Waals surface area contributed by atoms with Crippen LogP contribution in [-0.4, -0.2) is 108 Å². The lowest BCUT2D eigenvalue weighted by atomic mass is 10.1. The van der Waals surface area contributed by atoms with E-state index >= 15 is 0 Å². The number of aromatic nitrogens is 1. The molecule has 2 aliphatic rings. The number of hydrogen-bond donors (Lipinski definition) is 1. The summed E-state index contributed by atoms with van der Waals surface area (Å²) in [5, 5.41) is 10.3. The van der Waals surface area contributed by atoms with E-state index in [9.17, 15) is 9.90 Å². The molecule has 0 spiro atoms. The van der Waals surface area contributed by atoms with Gasteiger partial charge >= 0.3 is 0 Å². The maximum absolute atomic E-state index is 13.1. The molecule has 0 unspecified atom stereocenters. The fraction of sp³-hybridized carbons (Fsp3) is 0.643. The van der Waals surface area contributed by atoms with Gasteiger partial charge in [-0.3, -0.25) is 14.6 Å². The maximum atomic E-state index is 13.1. The molecule has 204 valence electrons. The topological polar surface area (TPSA) is 85.5 Å². The second-order valence-corrected chi connectivity index (χ2v) is 11.3. The molecule has 0 radical (unpaired) electrons. The summed E-state index contributed by atoms with van der Waals surface area (Å²) < 4.78 is 11.4. The van der Waals surface area contributed by atoms with Crippen molar-refractivity contribution in [2.24, 2.45) is 0 Å². The highest BCUT2D eigenvalue weighted by Gasteiger charge is 2.27. The molecule has 9 heteroatoms. The highest BCUT2D eigenvalue weighted by atomic mass is 16.5. The number of aliphatic hydroxyl groups excluding tert-OH is 1. The van der Waals surface area contributed by atoms with Crippen LogP contribution in [0.1, 0.15) is 48.3 Å². The van der Waals surface area contributed by atoms with Gasteiger partial charge in [0, 0.05) is 64.6 Å². The number of hydrogen-bond acceptors (Lipinski definition) is 8. The van der Waals surface area contributed by atoms with Crippen molar-refractivity contribution in [3.05, 3.63) is 47.2 Å². The lowest BCUT2D eigenvalue weighted by Crippen LogP contribution is -2.49. The number of anilines is 1. The summed E-state index contributed by atoms with van der Waals surface area (Å²) >= 11 is 0. The molecule has 0 saturated carbocycles. The van der Waals surface area contributed by atoms with Crippen LogP contribution in [0.3, 0.4) is 0 Å². The third-order valence-corrected chi connectivity index (χ3v) is 7.09. The first-order chi connectivity index (χ1) is 17.6. The van der Waals surface area contributed by atoms with Crippen molar-refractivity contribution in [3.8, 4) is 0 Å². The first kappa shape index (κ1) is 27.6. The molecule has 1 amide bonds. The number of aliphatic hydroxyl groups is 1. The Bertz CT molecular complexity index is 1010. The van der Waals surface area contributed by atoms with Crippen molar-refractivity contribution in [1.29, 1.82) is 0 Å². The minimum atomic E-state index is -0.492. The SMILES string of the molecule is Cc1cccc(C)c1N1CCN(C(=O)c2coc(CN3CCN(C[C@H](O)COC(C)(C)C)CC3)n2)CC1. The molecule has 4 rings (SSSR count). The zero-order valence-corrected chi connectivity index (χ0v) is 23.1. The number of ether oxygens (including phenoxy) is 1. The molecule has 0 bridgehead atoms. The van der Waals surface area contributed by atoms with Gasteiger partial charge in [0.25, 0.3) is 5.91 Å². The fourth-order valence-electron chi connectivity index (χ4n) is 5.10. The minimum absolute atomic E-state index is 0.0626. The number of carbonyl (C=O) groups excluding carboxylic acids is 1. The Balaban J connectivity index is 1.21. The quantitative estimate of drug-likeness (QED) is 0.577. The standard InChI is InChI=1S/C28H43N5O4/c1-21-7-6-8-22(2)26(21)32-13-15-33(16-14-32)27(35)24-20-36-25(29-24)18-31-11-9-30(10-12-31)17-23(34)19-37-28(3,4)5/h6-8,20,23,34H,9-19H2,1-5H3/t23-/m0/s1. The number of aryl methyl sites for hydroxylation is 2. The Labute approximate surface area is 221 Å². The number of amides is 1. The van der Waals surface area contributed by atoms with Crippen LogP contribution >= 0.6 is 0 Å². The third-order valence-electron chi connectivity index (χ3n) is 7.09. The van der Waals surface area contributed by atoms with Crippen molar-refractivity contribution in [2.75, 3.05) is 70.4 Å². The van der Waals surface area contributed by atoms with E-state index in [0.29, 0.717) is 44.4 Å². The van der Waals surface area contributed by atoms with Crippen molar-refractivity contribution in [3.63, 3.8) is 0 Å². The van der Waals surface area contributed by atoms with Crippen LogP contribution in [0.4, 0.5) is 5.69 Å². The van der Waals surface area contributed by atoms with Crippen LogP contribution in [0.5, 0.6) is 0 Å². The number of para-hydroxylation sites is 1. The Morgan fingerprint density at radius 1 is 1.03 bits per heavy atom. The number of carbonyl (C=O) groups is 1. The average Bonchev–Trinajstić information content (AvgIpc) is 3.32. The lowest BCUT2D eigenvalue weighted by molar-refractivity contribution is -0.0588. The molecule has 37 heavy (non-hydrogen) atoms. The number of piperazine rings is 2. The number of benzene rings is 1. The highest BCUT2D eigenvalue weighted by Crippen LogP contribution is 2.26. The Hall–Kier alpha value is -2.46. The maximum Gasteiger partial charge on any atom is 0.275 e. The first-order valence-electron chi connectivity index (χ1n) is 13.4. The Morgan fingerprint density at radius 3 is 2.27 bits per heavy atom.